The van der Waals surface area contributed by atoms with Crippen molar-refractivity contribution in [3.63, 3.8) is 0 Å². The molecule has 0 aliphatic rings. The van der Waals surface area contributed by atoms with Crippen LogP contribution in [0.5, 0.6) is 0 Å². The molecule has 6 nitrogen and oxygen atoms in total. The van der Waals surface area contributed by atoms with Crippen LogP contribution in [-0.2, 0) is 14.6 Å². The van der Waals surface area contributed by atoms with Gasteiger partial charge in [-0.1, -0.05) is 35.9 Å². The van der Waals surface area contributed by atoms with E-state index in [1.165, 1.54) is 13.4 Å². The van der Waals surface area contributed by atoms with E-state index in [9.17, 15) is 13.2 Å². The summed E-state index contributed by atoms with van der Waals surface area (Å²) in [6.07, 6.45) is 1.17. The summed E-state index contributed by atoms with van der Waals surface area (Å²) in [5.74, 6) is -0.414. The second-order valence-electron chi connectivity index (χ2n) is 7.17. The first kappa shape index (κ1) is 21.8. The SMILES string of the molecule is COC(=O)c1ccc(-c2cc(-c3ccc(Cl)cc3)nn2-c2ccc(S(C)(=O)=O)cc2)cc1. The predicted molar refractivity (Wildman–Crippen MR) is 124 cm³/mol. The predicted octanol–water partition coefficient (Wildman–Crippen LogP) is 5.05. The number of sulfone groups is 1. The number of hydrogen-bond acceptors (Lipinski definition) is 5. The third-order valence-electron chi connectivity index (χ3n) is 4.96. The molecule has 0 N–H and O–H groups in total. The molecule has 4 aromatic rings. The summed E-state index contributed by atoms with van der Waals surface area (Å²) in [6.45, 7) is 0. The molecule has 32 heavy (non-hydrogen) atoms. The molecule has 0 saturated heterocycles. The lowest BCUT2D eigenvalue weighted by atomic mass is 10.1. The Hall–Kier alpha value is -3.42. The van der Waals surface area contributed by atoms with Gasteiger partial charge in [0.25, 0.3) is 0 Å². The van der Waals surface area contributed by atoms with Gasteiger partial charge < -0.3 is 4.74 Å². The summed E-state index contributed by atoms with van der Waals surface area (Å²) < 4.78 is 30.2. The molecule has 0 aliphatic carbocycles. The standard InChI is InChI=1S/C24H19ClN2O4S/c1-31-24(28)18-5-3-17(4-6-18)23-15-22(16-7-9-19(25)10-8-16)26-27(23)20-11-13-21(14-12-20)32(2,29)30/h3-15H,1-2H3. The third-order valence-corrected chi connectivity index (χ3v) is 6.34. The molecule has 3 aromatic carbocycles. The second-order valence-corrected chi connectivity index (χ2v) is 9.62. The Morgan fingerprint density at radius 3 is 2.06 bits per heavy atom. The van der Waals surface area contributed by atoms with Gasteiger partial charge in [0.2, 0.25) is 0 Å². The summed E-state index contributed by atoms with van der Waals surface area (Å²) in [4.78, 5) is 12.0. The summed E-state index contributed by atoms with van der Waals surface area (Å²) in [5.41, 5.74) is 4.35. The molecule has 1 heterocycles. The van der Waals surface area contributed by atoms with Gasteiger partial charge in [-0.2, -0.15) is 5.10 Å². The number of halogens is 1. The van der Waals surface area contributed by atoms with Crippen molar-refractivity contribution < 1.29 is 17.9 Å². The van der Waals surface area contributed by atoms with Crippen LogP contribution in [0, 0.1) is 0 Å². The normalized spacial score (nSPS) is 11.3. The van der Waals surface area contributed by atoms with E-state index in [2.05, 4.69) is 0 Å². The fourth-order valence-electron chi connectivity index (χ4n) is 3.27. The molecule has 0 radical (unpaired) electrons. The lowest BCUT2D eigenvalue weighted by Gasteiger charge is -2.09. The van der Waals surface area contributed by atoms with E-state index in [4.69, 9.17) is 21.4 Å². The van der Waals surface area contributed by atoms with Crippen LogP contribution in [0.1, 0.15) is 10.4 Å². The fraction of sp³-hybridized carbons (Fsp3) is 0.0833. The Labute approximate surface area is 191 Å². The molecular formula is C24H19ClN2O4S. The van der Waals surface area contributed by atoms with Crippen molar-refractivity contribution in [2.75, 3.05) is 13.4 Å². The van der Waals surface area contributed by atoms with Crippen molar-refractivity contribution in [1.29, 1.82) is 0 Å². The maximum atomic E-state index is 11.8. The van der Waals surface area contributed by atoms with Crippen LogP contribution < -0.4 is 0 Å². The Morgan fingerprint density at radius 1 is 0.906 bits per heavy atom. The molecule has 0 atom stereocenters. The van der Waals surface area contributed by atoms with Crippen LogP contribution in [0.15, 0.2) is 83.8 Å². The molecule has 8 heteroatoms. The largest absolute Gasteiger partial charge is 0.465 e. The first-order valence-corrected chi connectivity index (χ1v) is 11.9. The average molecular weight is 467 g/mol. The highest BCUT2D eigenvalue weighted by atomic mass is 35.5. The lowest BCUT2D eigenvalue weighted by molar-refractivity contribution is 0.0600. The number of esters is 1. The molecule has 1 aromatic heterocycles. The first-order valence-electron chi connectivity index (χ1n) is 9.61. The van der Waals surface area contributed by atoms with Crippen molar-refractivity contribution in [3.05, 3.63) is 89.4 Å². The maximum Gasteiger partial charge on any atom is 0.337 e. The number of methoxy groups -OCH3 is 1. The van der Waals surface area contributed by atoms with E-state index in [-0.39, 0.29) is 4.90 Å². The Balaban J connectivity index is 1.84. The van der Waals surface area contributed by atoms with Crippen LogP contribution in [-0.4, -0.2) is 37.5 Å². The van der Waals surface area contributed by atoms with Crippen LogP contribution in [0.4, 0.5) is 0 Å². The van der Waals surface area contributed by atoms with Gasteiger partial charge in [0.15, 0.2) is 9.84 Å². The Kier molecular flexibility index (Phi) is 5.86. The summed E-state index contributed by atoms with van der Waals surface area (Å²) in [5, 5.41) is 5.38. The topological polar surface area (TPSA) is 78.3 Å². The Morgan fingerprint density at radius 2 is 1.50 bits per heavy atom. The average Bonchev–Trinajstić information content (AvgIpc) is 3.24. The minimum atomic E-state index is -3.31. The number of aromatic nitrogens is 2. The highest BCUT2D eigenvalue weighted by Gasteiger charge is 2.15. The summed E-state index contributed by atoms with van der Waals surface area (Å²) >= 11 is 6.02. The lowest BCUT2D eigenvalue weighted by Crippen LogP contribution is -2.02. The van der Waals surface area contributed by atoms with E-state index in [0.717, 1.165) is 22.5 Å². The van der Waals surface area contributed by atoms with Gasteiger partial charge in [0.05, 0.1) is 34.6 Å². The maximum absolute atomic E-state index is 11.8. The van der Waals surface area contributed by atoms with Crippen molar-refractivity contribution in [3.8, 4) is 28.2 Å². The molecule has 0 amide bonds. The van der Waals surface area contributed by atoms with Gasteiger partial charge in [0, 0.05) is 22.4 Å². The van der Waals surface area contributed by atoms with Gasteiger partial charge in [-0.25, -0.2) is 17.9 Å². The molecule has 0 aliphatic heterocycles. The fourth-order valence-corrected chi connectivity index (χ4v) is 4.03. The van der Waals surface area contributed by atoms with E-state index >= 15 is 0 Å². The number of carbonyl (C=O) groups excluding carboxylic acids is 1. The molecule has 0 fully saturated rings. The third kappa shape index (κ3) is 4.44. The number of hydrogen-bond donors (Lipinski definition) is 0. The molecule has 0 saturated carbocycles. The highest BCUT2D eigenvalue weighted by molar-refractivity contribution is 7.90. The summed E-state index contributed by atoms with van der Waals surface area (Å²) in [6, 6.07) is 22.8. The zero-order valence-electron chi connectivity index (χ0n) is 17.3. The van der Waals surface area contributed by atoms with E-state index in [0.29, 0.717) is 16.3 Å². The van der Waals surface area contributed by atoms with Crippen molar-refractivity contribution in [1.82, 2.24) is 9.78 Å². The van der Waals surface area contributed by atoms with Gasteiger partial charge >= 0.3 is 5.97 Å². The monoisotopic (exact) mass is 466 g/mol. The smallest absolute Gasteiger partial charge is 0.337 e. The van der Waals surface area contributed by atoms with Crippen LogP contribution in [0.2, 0.25) is 5.02 Å². The molecule has 162 valence electrons. The van der Waals surface area contributed by atoms with Gasteiger partial charge in [-0.3, -0.25) is 0 Å². The summed E-state index contributed by atoms with van der Waals surface area (Å²) in [7, 11) is -1.97. The van der Waals surface area contributed by atoms with E-state index in [1.54, 1.807) is 53.2 Å². The van der Waals surface area contributed by atoms with Crippen molar-refractivity contribution in [2.45, 2.75) is 4.90 Å². The van der Waals surface area contributed by atoms with E-state index in [1.807, 2.05) is 30.3 Å². The van der Waals surface area contributed by atoms with Gasteiger partial charge in [-0.05, 0) is 54.6 Å². The minimum absolute atomic E-state index is 0.232. The molecule has 0 bridgehead atoms. The molecule has 0 spiro atoms. The van der Waals surface area contributed by atoms with Gasteiger partial charge in [0.1, 0.15) is 0 Å². The van der Waals surface area contributed by atoms with Crippen LogP contribution in [0.3, 0.4) is 0 Å². The molecule has 4 rings (SSSR count). The minimum Gasteiger partial charge on any atom is -0.465 e. The second kappa shape index (κ2) is 8.61. The van der Waals surface area contributed by atoms with E-state index < -0.39 is 15.8 Å². The highest BCUT2D eigenvalue weighted by Crippen LogP contribution is 2.30. The molecular weight excluding hydrogens is 448 g/mol. The quantitative estimate of drug-likeness (QED) is 0.384. The van der Waals surface area contributed by atoms with Crippen LogP contribution >= 0.6 is 11.6 Å². The number of carbonyl (C=O) groups is 1. The van der Waals surface area contributed by atoms with Crippen molar-refractivity contribution >= 4 is 27.4 Å². The zero-order chi connectivity index (χ0) is 22.9. The first-order chi connectivity index (χ1) is 15.3. The van der Waals surface area contributed by atoms with Crippen molar-refractivity contribution in [2.24, 2.45) is 0 Å². The Bertz CT molecular complexity index is 1380. The zero-order valence-corrected chi connectivity index (χ0v) is 18.9. The molecule has 0 unspecified atom stereocenters. The number of ether oxygens (including phenoxy) is 1. The number of nitrogens with zero attached hydrogens (tertiary/aromatic N) is 2. The number of benzene rings is 3. The number of rotatable bonds is 5. The van der Waals surface area contributed by atoms with Gasteiger partial charge in [-0.15, -0.1) is 0 Å². The van der Waals surface area contributed by atoms with Crippen LogP contribution in [0.25, 0.3) is 28.2 Å².